The maximum atomic E-state index is 6.11. The van der Waals surface area contributed by atoms with Gasteiger partial charge in [-0.2, -0.15) is 0 Å². The van der Waals surface area contributed by atoms with Crippen molar-refractivity contribution in [1.29, 1.82) is 0 Å². The fourth-order valence-corrected chi connectivity index (χ4v) is 5.10. The van der Waals surface area contributed by atoms with Crippen molar-refractivity contribution in [3.63, 3.8) is 0 Å². The highest BCUT2D eigenvalue weighted by Crippen LogP contribution is 2.50. The summed E-state index contributed by atoms with van der Waals surface area (Å²) < 4.78 is 12.1. The normalized spacial score (nSPS) is 20.2. The monoisotopic (exact) mass is 445 g/mol. The van der Waals surface area contributed by atoms with Crippen molar-refractivity contribution in [1.82, 2.24) is 0 Å². The number of fused-ring (bicyclic) bond motifs is 3. The van der Waals surface area contributed by atoms with Crippen LogP contribution in [0.15, 0.2) is 115 Å². The third-order valence-electron chi connectivity index (χ3n) is 6.80. The fourth-order valence-electron chi connectivity index (χ4n) is 5.10. The molecular formula is C31H27NO2. The van der Waals surface area contributed by atoms with Crippen molar-refractivity contribution >= 4 is 5.69 Å². The van der Waals surface area contributed by atoms with Gasteiger partial charge in [-0.25, -0.2) is 0 Å². The molecule has 0 spiro atoms. The maximum Gasteiger partial charge on any atom is 0.127 e. The topological polar surface area (TPSA) is 30.5 Å². The van der Waals surface area contributed by atoms with Gasteiger partial charge in [-0.1, -0.05) is 72.8 Å². The Labute approximate surface area is 200 Å². The SMILES string of the molecule is C1=C[C@H]2c3cc(Oc4ccccc4)ccc3N[C@@H](c3ccc(OCc4ccccc4)cc3)[C@H]2C1. The van der Waals surface area contributed by atoms with E-state index in [2.05, 4.69) is 72.1 Å². The van der Waals surface area contributed by atoms with E-state index in [-0.39, 0.29) is 6.04 Å². The molecule has 4 aromatic rings. The van der Waals surface area contributed by atoms with Crippen LogP contribution in [0.1, 0.15) is 35.1 Å². The van der Waals surface area contributed by atoms with Crippen molar-refractivity contribution in [3.05, 3.63) is 132 Å². The summed E-state index contributed by atoms with van der Waals surface area (Å²) in [5.41, 5.74) is 4.96. The highest BCUT2D eigenvalue weighted by molar-refractivity contribution is 5.62. The van der Waals surface area contributed by atoms with Gasteiger partial charge in [-0.15, -0.1) is 0 Å². The van der Waals surface area contributed by atoms with Gasteiger partial charge in [0.1, 0.15) is 23.9 Å². The Balaban J connectivity index is 1.20. The quantitative estimate of drug-likeness (QED) is 0.306. The summed E-state index contributed by atoms with van der Waals surface area (Å²) in [6, 6.07) is 35.5. The van der Waals surface area contributed by atoms with Crippen LogP contribution in [0.3, 0.4) is 0 Å². The smallest absolute Gasteiger partial charge is 0.127 e. The lowest BCUT2D eigenvalue weighted by Gasteiger charge is -2.37. The Kier molecular flexibility index (Phi) is 5.52. The molecule has 34 heavy (non-hydrogen) atoms. The Bertz CT molecular complexity index is 1280. The molecule has 0 unspecified atom stereocenters. The molecule has 0 fully saturated rings. The molecule has 3 heteroatoms. The molecule has 0 aromatic heterocycles. The summed E-state index contributed by atoms with van der Waals surface area (Å²) in [5.74, 6) is 3.50. The van der Waals surface area contributed by atoms with Crippen LogP contribution in [0, 0.1) is 5.92 Å². The second-order valence-electron chi connectivity index (χ2n) is 8.98. The minimum Gasteiger partial charge on any atom is -0.489 e. The molecule has 1 aliphatic carbocycles. The average molecular weight is 446 g/mol. The number of rotatable bonds is 6. The van der Waals surface area contributed by atoms with Crippen LogP contribution in [-0.2, 0) is 6.61 Å². The molecule has 0 saturated heterocycles. The van der Waals surface area contributed by atoms with E-state index in [1.54, 1.807) is 0 Å². The van der Waals surface area contributed by atoms with Crippen LogP contribution in [0.5, 0.6) is 17.2 Å². The lowest BCUT2D eigenvalue weighted by atomic mass is 9.77. The standard InChI is InChI=1S/C31H27NO2/c1-3-8-22(9-4-1)21-33-24-16-14-23(15-17-24)31-28-13-7-12-27(28)29-20-26(18-19-30(29)32-31)34-25-10-5-2-6-11-25/h1-12,14-20,27-28,31-32H,13,21H2/t27-,28+,31+/m1/s1. The number of hydrogen-bond acceptors (Lipinski definition) is 3. The Morgan fingerprint density at radius 3 is 2.26 bits per heavy atom. The van der Waals surface area contributed by atoms with E-state index >= 15 is 0 Å². The van der Waals surface area contributed by atoms with Gasteiger partial charge in [0.15, 0.2) is 0 Å². The highest BCUT2D eigenvalue weighted by atomic mass is 16.5. The predicted molar refractivity (Wildman–Crippen MR) is 137 cm³/mol. The molecule has 4 aromatic carbocycles. The van der Waals surface area contributed by atoms with Crippen molar-refractivity contribution in [3.8, 4) is 17.2 Å². The van der Waals surface area contributed by atoms with Crippen LogP contribution in [0.4, 0.5) is 5.69 Å². The van der Waals surface area contributed by atoms with Crippen LogP contribution in [0.25, 0.3) is 0 Å². The van der Waals surface area contributed by atoms with Crippen LogP contribution in [0.2, 0.25) is 0 Å². The molecular weight excluding hydrogens is 418 g/mol. The molecule has 0 radical (unpaired) electrons. The zero-order chi connectivity index (χ0) is 22.7. The van der Waals surface area contributed by atoms with Gasteiger partial charge in [0.25, 0.3) is 0 Å². The van der Waals surface area contributed by atoms with Crippen molar-refractivity contribution < 1.29 is 9.47 Å². The van der Waals surface area contributed by atoms with Crippen LogP contribution in [-0.4, -0.2) is 0 Å². The number of nitrogens with one attached hydrogen (secondary N) is 1. The van der Waals surface area contributed by atoms with Gasteiger partial charge in [0.2, 0.25) is 0 Å². The van der Waals surface area contributed by atoms with Crippen molar-refractivity contribution in [2.24, 2.45) is 5.92 Å². The van der Waals surface area contributed by atoms with Crippen LogP contribution < -0.4 is 14.8 Å². The van der Waals surface area contributed by atoms with Gasteiger partial charge in [0, 0.05) is 11.6 Å². The molecule has 3 nitrogen and oxygen atoms in total. The van der Waals surface area contributed by atoms with E-state index in [1.807, 2.05) is 48.5 Å². The second-order valence-corrected chi connectivity index (χ2v) is 8.98. The van der Waals surface area contributed by atoms with E-state index in [0.717, 1.165) is 23.7 Å². The largest absolute Gasteiger partial charge is 0.489 e. The molecule has 2 aliphatic rings. The summed E-state index contributed by atoms with van der Waals surface area (Å²) in [7, 11) is 0. The van der Waals surface area contributed by atoms with E-state index in [1.165, 1.54) is 22.4 Å². The second kappa shape index (κ2) is 9.11. The van der Waals surface area contributed by atoms with Gasteiger partial charge < -0.3 is 14.8 Å². The summed E-state index contributed by atoms with van der Waals surface area (Å²) in [4.78, 5) is 0. The molecule has 0 saturated carbocycles. The van der Waals surface area contributed by atoms with E-state index in [9.17, 15) is 0 Å². The molecule has 0 amide bonds. The molecule has 168 valence electrons. The first-order valence-corrected chi connectivity index (χ1v) is 11.9. The molecule has 1 N–H and O–H groups in total. The molecule has 0 bridgehead atoms. The lowest BCUT2D eigenvalue weighted by Crippen LogP contribution is -2.29. The maximum absolute atomic E-state index is 6.11. The number of para-hydroxylation sites is 1. The third-order valence-corrected chi connectivity index (χ3v) is 6.80. The zero-order valence-corrected chi connectivity index (χ0v) is 18.9. The van der Waals surface area contributed by atoms with E-state index < -0.39 is 0 Å². The number of hydrogen-bond donors (Lipinski definition) is 1. The van der Waals surface area contributed by atoms with Gasteiger partial charge in [0.05, 0.1) is 6.04 Å². The van der Waals surface area contributed by atoms with Crippen molar-refractivity contribution in [2.45, 2.75) is 25.0 Å². The number of anilines is 1. The van der Waals surface area contributed by atoms with Gasteiger partial charge in [-0.05, 0) is 71.5 Å². The van der Waals surface area contributed by atoms with Crippen LogP contribution >= 0.6 is 0 Å². The minimum absolute atomic E-state index is 0.261. The minimum atomic E-state index is 0.261. The average Bonchev–Trinajstić information content (AvgIpc) is 3.39. The number of allylic oxidation sites excluding steroid dienone is 2. The zero-order valence-electron chi connectivity index (χ0n) is 18.9. The van der Waals surface area contributed by atoms with E-state index in [4.69, 9.17) is 9.47 Å². The Morgan fingerprint density at radius 1 is 0.735 bits per heavy atom. The first kappa shape index (κ1) is 20.6. The molecule has 6 rings (SSSR count). The first-order chi connectivity index (χ1) is 16.8. The lowest BCUT2D eigenvalue weighted by molar-refractivity contribution is 0.306. The Hall–Kier alpha value is -3.98. The summed E-state index contributed by atoms with van der Waals surface area (Å²) >= 11 is 0. The number of benzene rings is 4. The molecule has 1 aliphatic heterocycles. The molecule has 3 atom stereocenters. The van der Waals surface area contributed by atoms with E-state index in [0.29, 0.717) is 18.4 Å². The number of ether oxygens (including phenoxy) is 2. The summed E-state index contributed by atoms with van der Waals surface area (Å²) in [6.45, 7) is 0.581. The highest BCUT2D eigenvalue weighted by Gasteiger charge is 2.38. The van der Waals surface area contributed by atoms with Gasteiger partial charge >= 0.3 is 0 Å². The summed E-state index contributed by atoms with van der Waals surface area (Å²) in [6.07, 6.45) is 5.75. The Morgan fingerprint density at radius 2 is 1.47 bits per heavy atom. The fraction of sp³-hybridized carbons (Fsp3) is 0.161. The van der Waals surface area contributed by atoms with Crippen molar-refractivity contribution in [2.75, 3.05) is 5.32 Å². The predicted octanol–water partition coefficient (Wildman–Crippen LogP) is 7.88. The first-order valence-electron chi connectivity index (χ1n) is 11.9. The molecule has 1 heterocycles. The third kappa shape index (κ3) is 4.17. The van der Waals surface area contributed by atoms with Gasteiger partial charge in [-0.3, -0.25) is 0 Å². The summed E-state index contributed by atoms with van der Waals surface area (Å²) in [5, 5.41) is 3.82.